The molecule has 0 saturated heterocycles. The van der Waals surface area contributed by atoms with Crippen LogP contribution < -0.4 is 0 Å². The Morgan fingerprint density at radius 3 is 2.62 bits per heavy atom. The quantitative estimate of drug-likeness (QED) is 0.724. The van der Waals surface area contributed by atoms with E-state index in [2.05, 4.69) is 49.3 Å². The van der Waals surface area contributed by atoms with Gasteiger partial charge < -0.3 is 0 Å². The number of benzene rings is 1. The number of pyridine rings is 1. The van der Waals surface area contributed by atoms with Gasteiger partial charge in [0.25, 0.3) is 0 Å². The zero-order chi connectivity index (χ0) is 11.1. The van der Waals surface area contributed by atoms with Crippen molar-refractivity contribution in [2.75, 3.05) is 0 Å². The Hall–Kier alpha value is -1.37. The van der Waals surface area contributed by atoms with Crippen LogP contribution in [0.5, 0.6) is 0 Å². The number of aromatic nitrogens is 1. The molecule has 1 fully saturated rings. The zero-order valence-corrected chi connectivity index (χ0v) is 9.90. The minimum Gasteiger partial charge on any atom is -0.256 e. The summed E-state index contributed by atoms with van der Waals surface area (Å²) in [6.45, 7) is 4.52. The smallest absolute Gasteiger partial charge is 0.0705 e. The van der Waals surface area contributed by atoms with Crippen molar-refractivity contribution in [1.82, 2.24) is 4.98 Å². The first kappa shape index (κ1) is 9.83. The summed E-state index contributed by atoms with van der Waals surface area (Å²) in [5.41, 5.74) is 4.16. The standard InChI is InChI=1S/C15H17N/c1-10(2)13-9-16-14-6-4-3-5-12(14)15(13)11-7-8-11/h3-6,9-11H,7-8H2,1-2H3. The summed E-state index contributed by atoms with van der Waals surface area (Å²) >= 11 is 0. The monoisotopic (exact) mass is 211 g/mol. The third-order valence-corrected chi connectivity index (χ3v) is 3.46. The van der Waals surface area contributed by atoms with E-state index in [4.69, 9.17) is 0 Å². The van der Waals surface area contributed by atoms with Crippen LogP contribution >= 0.6 is 0 Å². The van der Waals surface area contributed by atoms with Crippen LogP contribution in [0.2, 0.25) is 0 Å². The molecule has 1 saturated carbocycles. The number of nitrogens with zero attached hydrogens (tertiary/aromatic N) is 1. The largest absolute Gasteiger partial charge is 0.256 e. The highest BCUT2D eigenvalue weighted by molar-refractivity contribution is 5.84. The van der Waals surface area contributed by atoms with Crippen molar-refractivity contribution in [2.24, 2.45) is 0 Å². The molecule has 1 aromatic carbocycles. The van der Waals surface area contributed by atoms with Crippen LogP contribution in [0, 0.1) is 0 Å². The van der Waals surface area contributed by atoms with Crippen molar-refractivity contribution in [3.63, 3.8) is 0 Å². The Bertz CT molecular complexity index is 524. The first-order valence-electron chi connectivity index (χ1n) is 6.15. The van der Waals surface area contributed by atoms with E-state index >= 15 is 0 Å². The number of fused-ring (bicyclic) bond motifs is 1. The molecule has 1 heteroatoms. The fraction of sp³-hybridized carbons (Fsp3) is 0.400. The summed E-state index contributed by atoms with van der Waals surface area (Å²) in [4.78, 5) is 4.57. The molecule has 1 heterocycles. The number of para-hydroxylation sites is 1. The second-order valence-electron chi connectivity index (χ2n) is 5.07. The molecule has 0 radical (unpaired) electrons. The second kappa shape index (κ2) is 3.58. The van der Waals surface area contributed by atoms with Gasteiger partial charge in [-0.2, -0.15) is 0 Å². The SMILES string of the molecule is CC(C)c1cnc2ccccc2c1C1CC1. The van der Waals surface area contributed by atoms with E-state index in [0.717, 1.165) is 11.4 Å². The van der Waals surface area contributed by atoms with Gasteiger partial charge in [-0.25, -0.2) is 0 Å². The Balaban J connectivity index is 2.31. The van der Waals surface area contributed by atoms with Gasteiger partial charge in [0, 0.05) is 11.6 Å². The van der Waals surface area contributed by atoms with Crippen LogP contribution in [0.4, 0.5) is 0 Å². The molecule has 1 nitrogen and oxygen atoms in total. The van der Waals surface area contributed by atoms with Gasteiger partial charge in [0.2, 0.25) is 0 Å². The van der Waals surface area contributed by atoms with E-state index in [1.165, 1.54) is 23.8 Å². The maximum atomic E-state index is 4.57. The van der Waals surface area contributed by atoms with Crippen molar-refractivity contribution in [3.05, 3.63) is 41.6 Å². The number of hydrogen-bond acceptors (Lipinski definition) is 1. The average molecular weight is 211 g/mol. The molecule has 0 aliphatic heterocycles. The minimum absolute atomic E-state index is 0.577. The summed E-state index contributed by atoms with van der Waals surface area (Å²) in [6.07, 6.45) is 4.79. The van der Waals surface area contributed by atoms with E-state index in [-0.39, 0.29) is 0 Å². The number of hydrogen-bond donors (Lipinski definition) is 0. The Morgan fingerprint density at radius 2 is 1.94 bits per heavy atom. The van der Waals surface area contributed by atoms with Gasteiger partial charge in [-0.05, 0) is 41.9 Å². The zero-order valence-electron chi connectivity index (χ0n) is 9.90. The van der Waals surface area contributed by atoms with Gasteiger partial charge in [0.05, 0.1) is 5.52 Å². The summed E-state index contributed by atoms with van der Waals surface area (Å²) in [7, 11) is 0. The molecule has 1 aliphatic carbocycles. The first-order chi connectivity index (χ1) is 7.77. The molecule has 16 heavy (non-hydrogen) atoms. The third kappa shape index (κ3) is 1.51. The Kier molecular flexibility index (Phi) is 2.20. The van der Waals surface area contributed by atoms with Crippen LogP contribution in [0.1, 0.15) is 49.7 Å². The van der Waals surface area contributed by atoms with Gasteiger partial charge in [-0.3, -0.25) is 4.98 Å². The summed E-state index contributed by atoms with van der Waals surface area (Å²) in [5.74, 6) is 1.37. The van der Waals surface area contributed by atoms with Gasteiger partial charge >= 0.3 is 0 Å². The lowest BCUT2D eigenvalue weighted by Gasteiger charge is -2.14. The molecular weight excluding hydrogens is 194 g/mol. The molecule has 0 bridgehead atoms. The predicted octanol–water partition coefficient (Wildman–Crippen LogP) is 4.24. The van der Waals surface area contributed by atoms with Gasteiger partial charge in [0.1, 0.15) is 0 Å². The summed E-state index contributed by atoms with van der Waals surface area (Å²) < 4.78 is 0. The van der Waals surface area contributed by atoms with Crippen LogP contribution in [-0.2, 0) is 0 Å². The normalized spacial score (nSPS) is 15.9. The first-order valence-corrected chi connectivity index (χ1v) is 6.15. The van der Waals surface area contributed by atoms with Gasteiger partial charge in [-0.15, -0.1) is 0 Å². The molecule has 0 spiro atoms. The third-order valence-electron chi connectivity index (χ3n) is 3.46. The van der Waals surface area contributed by atoms with Crippen molar-refractivity contribution in [3.8, 4) is 0 Å². The highest BCUT2D eigenvalue weighted by Crippen LogP contribution is 2.45. The fourth-order valence-corrected chi connectivity index (χ4v) is 2.47. The highest BCUT2D eigenvalue weighted by atomic mass is 14.7. The number of rotatable bonds is 2. The van der Waals surface area contributed by atoms with Crippen LogP contribution in [0.15, 0.2) is 30.5 Å². The topological polar surface area (TPSA) is 12.9 Å². The van der Waals surface area contributed by atoms with Crippen molar-refractivity contribution >= 4 is 10.9 Å². The lowest BCUT2D eigenvalue weighted by molar-refractivity contribution is 0.839. The van der Waals surface area contributed by atoms with E-state index in [1.54, 1.807) is 5.56 Å². The molecule has 0 N–H and O–H groups in total. The fourth-order valence-electron chi connectivity index (χ4n) is 2.47. The van der Waals surface area contributed by atoms with Gasteiger partial charge in [0.15, 0.2) is 0 Å². The lowest BCUT2D eigenvalue weighted by Crippen LogP contribution is -1.98. The van der Waals surface area contributed by atoms with Crippen molar-refractivity contribution in [2.45, 2.75) is 38.5 Å². The summed E-state index contributed by atoms with van der Waals surface area (Å²) in [6, 6.07) is 8.54. The summed E-state index contributed by atoms with van der Waals surface area (Å²) in [5, 5.41) is 1.37. The molecule has 1 aliphatic rings. The van der Waals surface area contributed by atoms with E-state index in [9.17, 15) is 0 Å². The van der Waals surface area contributed by atoms with Crippen LogP contribution in [0.25, 0.3) is 10.9 Å². The van der Waals surface area contributed by atoms with Crippen LogP contribution in [-0.4, -0.2) is 4.98 Å². The maximum absolute atomic E-state index is 4.57. The molecule has 0 amide bonds. The molecule has 1 aromatic heterocycles. The molecule has 0 unspecified atom stereocenters. The Morgan fingerprint density at radius 1 is 1.19 bits per heavy atom. The predicted molar refractivity (Wildman–Crippen MR) is 67.8 cm³/mol. The maximum Gasteiger partial charge on any atom is 0.0705 e. The van der Waals surface area contributed by atoms with E-state index in [1.807, 2.05) is 0 Å². The van der Waals surface area contributed by atoms with Gasteiger partial charge in [-0.1, -0.05) is 32.0 Å². The van der Waals surface area contributed by atoms with Crippen molar-refractivity contribution in [1.29, 1.82) is 0 Å². The van der Waals surface area contributed by atoms with Crippen molar-refractivity contribution < 1.29 is 0 Å². The molecular formula is C15H17N. The van der Waals surface area contributed by atoms with Crippen LogP contribution in [0.3, 0.4) is 0 Å². The lowest BCUT2D eigenvalue weighted by atomic mass is 9.93. The van der Waals surface area contributed by atoms with E-state index in [0.29, 0.717) is 5.92 Å². The average Bonchev–Trinajstić information content (AvgIpc) is 3.11. The Labute approximate surface area is 96.5 Å². The molecule has 82 valence electrons. The minimum atomic E-state index is 0.577. The molecule has 3 rings (SSSR count). The molecule has 2 aromatic rings. The van der Waals surface area contributed by atoms with E-state index < -0.39 is 0 Å². The second-order valence-corrected chi connectivity index (χ2v) is 5.07. The highest BCUT2D eigenvalue weighted by Gasteiger charge is 2.28. The molecule has 0 atom stereocenters.